The van der Waals surface area contributed by atoms with E-state index in [1.165, 1.54) is 0 Å². The van der Waals surface area contributed by atoms with Crippen LogP contribution in [0.5, 0.6) is 0 Å². The van der Waals surface area contributed by atoms with Crippen molar-refractivity contribution in [1.82, 2.24) is 0 Å². The Morgan fingerprint density at radius 1 is 1.14 bits per heavy atom. The fourth-order valence-corrected chi connectivity index (χ4v) is 3.52. The summed E-state index contributed by atoms with van der Waals surface area (Å²) in [5, 5.41) is 0. The van der Waals surface area contributed by atoms with E-state index in [1.807, 2.05) is 0 Å². The lowest BCUT2D eigenvalue weighted by atomic mass is 9.83. The molecule has 5 heteroatoms. The van der Waals surface area contributed by atoms with E-state index in [1.54, 1.807) is 27.7 Å². The lowest BCUT2D eigenvalue weighted by molar-refractivity contribution is -0.179. The molecule has 118 valence electrons. The predicted molar refractivity (Wildman–Crippen MR) is 75.4 cm³/mol. The van der Waals surface area contributed by atoms with E-state index in [2.05, 4.69) is 0 Å². The summed E-state index contributed by atoms with van der Waals surface area (Å²) < 4.78 is 10.6. The molecule has 2 fully saturated rings. The molecule has 0 saturated heterocycles. The number of carbonyl (C=O) groups excluding carboxylic acids is 3. The topological polar surface area (TPSA) is 69.7 Å². The summed E-state index contributed by atoms with van der Waals surface area (Å²) in [7, 11) is 0. The molecule has 0 aromatic rings. The fourth-order valence-electron chi connectivity index (χ4n) is 3.52. The molecule has 21 heavy (non-hydrogen) atoms. The highest BCUT2D eigenvalue weighted by atomic mass is 16.6. The maximum absolute atomic E-state index is 12.6. The number of carbonyl (C=O) groups is 3. The van der Waals surface area contributed by atoms with Crippen molar-refractivity contribution in [1.29, 1.82) is 0 Å². The molecule has 0 bridgehead atoms. The quantitative estimate of drug-likeness (QED) is 0.590. The van der Waals surface area contributed by atoms with Gasteiger partial charge in [-0.2, -0.15) is 0 Å². The third kappa shape index (κ3) is 3.11. The van der Waals surface area contributed by atoms with Crippen molar-refractivity contribution in [3.63, 3.8) is 0 Å². The second-order valence-electron chi connectivity index (χ2n) is 7.18. The third-order valence-corrected chi connectivity index (χ3v) is 4.32. The number of fused-ring (bicyclic) bond motifs is 1. The molecular formula is C16H24O5. The Kier molecular flexibility index (Phi) is 4.13. The summed E-state index contributed by atoms with van der Waals surface area (Å²) in [6.07, 6.45) is 1.68. The van der Waals surface area contributed by atoms with Crippen molar-refractivity contribution < 1.29 is 23.9 Å². The largest absolute Gasteiger partial charge is 0.465 e. The molecule has 0 aromatic carbocycles. The molecule has 0 N–H and O–H groups in total. The fraction of sp³-hybridized carbons (Fsp3) is 0.812. The second kappa shape index (κ2) is 5.43. The first-order valence-corrected chi connectivity index (χ1v) is 7.60. The third-order valence-electron chi connectivity index (χ3n) is 4.32. The molecule has 0 radical (unpaired) electrons. The van der Waals surface area contributed by atoms with Crippen LogP contribution in [0, 0.1) is 17.3 Å². The SMILES string of the molecule is CCOC(=O)C1(C(=O)OC(C)(C)C)CC2CC(=O)CC2C1. The van der Waals surface area contributed by atoms with E-state index in [0.29, 0.717) is 25.7 Å². The summed E-state index contributed by atoms with van der Waals surface area (Å²) in [5.74, 6) is -0.563. The lowest BCUT2D eigenvalue weighted by Gasteiger charge is -2.30. The van der Waals surface area contributed by atoms with Gasteiger partial charge in [0.15, 0.2) is 5.41 Å². The number of ether oxygens (including phenoxy) is 2. The number of Topliss-reactive ketones (excluding diaryl/α,β-unsaturated/α-hetero) is 1. The van der Waals surface area contributed by atoms with Gasteiger partial charge in [0, 0.05) is 12.8 Å². The molecule has 5 nitrogen and oxygen atoms in total. The van der Waals surface area contributed by atoms with Crippen LogP contribution >= 0.6 is 0 Å². The first-order valence-electron chi connectivity index (χ1n) is 7.60. The summed E-state index contributed by atoms with van der Waals surface area (Å²) >= 11 is 0. The molecule has 0 aromatic heterocycles. The molecule has 0 aliphatic heterocycles. The molecule has 2 saturated carbocycles. The van der Waals surface area contributed by atoms with Crippen LogP contribution in [0.15, 0.2) is 0 Å². The van der Waals surface area contributed by atoms with Crippen molar-refractivity contribution in [3.05, 3.63) is 0 Å². The van der Waals surface area contributed by atoms with Crippen LogP contribution in [0.1, 0.15) is 53.4 Å². The van der Waals surface area contributed by atoms with Crippen LogP contribution in [-0.2, 0) is 23.9 Å². The number of ketones is 1. The van der Waals surface area contributed by atoms with Crippen LogP contribution in [0.4, 0.5) is 0 Å². The maximum atomic E-state index is 12.6. The highest BCUT2D eigenvalue weighted by molar-refractivity contribution is 6.01. The summed E-state index contributed by atoms with van der Waals surface area (Å²) in [6, 6.07) is 0. The Morgan fingerprint density at radius 3 is 2.10 bits per heavy atom. The maximum Gasteiger partial charge on any atom is 0.324 e. The predicted octanol–water partition coefficient (Wildman–Crippen LogP) is 2.27. The van der Waals surface area contributed by atoms with Gasteiger partial charge in [0.2, 0.25) is 0 Å². The Morgan fingerprint density at radius 2 is 1.67 bits per heavy atom. The number of hydrogen-bond donors (Lipinski definition) is 0. The van der Waals surface area contributed by atoms with Crippen molar-refractivity contribution in [2.75, 3.05) is 6.61 Å². The van der Waals surface area contributed by atoms with Crippen LogP contribution in [-0.4, -0.2) is 29.9 Å². The van der Waals surface area contributed by atoms with Gasteiger partial charge in [0.05, 0.1) is 6.61 Å². The number of esters is 2. The van der Waals surface area contributed by atoms with Gasteiger partial charge in [0.1, 0.15) is 11.4 Å². The zero-order valence-electron chi connectivity index (χ0n) is 13.2. The van der Waals surface area contributed by atoms with Crippen LogP contribution in [0.25, 0.3) is 0 Å². The van der Waals surface area contributed by atoms with Gasteiger partial charge in [0.25, 0.3) is 0 Å². The van der Waals surface area contributed by atoms with Crippen molar-refractivity contribution in [2.45, 2.75) is 59.0 Å². The van der Waals surface area contributed by atoms with E-state index in [9.17, 15) is 14.4 Å². The van der Waals surface area contributed by atoms with Gasteiger partial charge in [-0.1, -0.05) is 0 Å². The van der Waals surface area contributed by atoms with Gasteiger partial charge in [-0.05, 0) is 52.4 Å². The van der Waals surface area contributed by atoms with Gasteiger partial charge in [-0.3, -0.25) is 14.4 Å². The van der Waals surface area contributed by atoms with E-state index in [4.69, 9.17) is 9.47 Å². The van der Waals surface area contributed by atoms with E-state index in [0.717, 1.165) is 0 Å². The monoisotopic (exact) mass is 296 g/mol. The van der Waals surface area contributed by atoms with Gasteiger partial charge < -0.3 is 9.47 Å². The lowest BCUT2D eigenvalue weighted by Crippen LogP contribution is -2.43. The Balaban J connectivity index is 2.23. The molecule has 0 amide bonds. The summed E-state index contributed by atoms with van der Waals surface area (Å²) in [4.78, 5) is 36.5. The first-order chi connectivity index (χ1) is 9.68. The molecule has 2 aliphatic carbocycles. The minimum atomic E-state index is -1.22. The Labute approximate surface area is 125 Å². The number of rotatable bonds is 3. The first kappa shape index (κ1) is 16.0. The zero-order chi connectivity index (χ0) is 15.8. The molecule has 2 aliphatic rings. The molecule has 2 unspecified atom stereocenters. The Bertz CT molecular complexity index is 444. The van der Waals surface area contributed by atoms with Crippen LogP contribution in [0.2, 0.25) is 0 Å². The number of hydrogen-bond acceptors (Lipinski definition) is 5. The summed E-state index contributed by atoms with van der Waals surface area (Å²) in [6.45, 7) is 7.30. The smallest absolute Gasteiger partial charge is 0.324 e. The van der Waals surface area contributed by atoms with Gasteiger partial charge >= 0.3 is 11.9 Å². The van der Waals surface area contributed by atoms with Gasteiger partial charge in [-0.15, -0.1) is 0 Å². The van der Waals surface area contributed by atoms with Crippen molar-refractivity contribution >= 4 is 17.7 Å². The molecule has 2 rings (SSSR count). The average molecular weight is 296 g/mol. The molecule has 2 atom stereocenters. The average Bonchev–Trinajstić information content (AvgIpc) is 2.81. The second-order valence-corrected chi connectivity index (χ2v) is 7.18. The van der Waals surface area contributed by atoms with E-state index < -0.39 is 23.0 Å². The zero-order valence-corrected chi connectivity index (χ0v) is 13.2. The van der Waals surface area contributed by atoms with E-state index in [-0.39, 0.29) is 24.2 Å². The molecular weight excluding hydrogens is 272 g/mol. The van der Waals surface area contributed by atoms with Crippen molar-refractivity contribution in [2.24, 2.45) is 17.3 Å². The minimum Gasteiger partial charge on any atom is -0.465 e. The summed E-state index contributed by atoms with van der Waals surface area (Å²) in [5.41, 5.74) is -1.87. The van der Waals surface area contributed by atoms with E-state index >= 15 is 0 Å². The normalized spacial score (nSPS) is 31.9. The Hall–Kier alpha value is -1.39. The van der Waals surface area contributed by atoms with Crippen LogP contribution in [0.3, 0.4) is 0 Å². The molecule has 0 spiro atoms. The van der Waals surface area contributed by atoms with Crippen molar-refractivity contribution in [3.8, 4) is 0 Å². The molecule has 0 heterocycles. The highest BCUT2D eigenvalue weighted by Gasteiger charge is 2.60. The highest BCUT2D eigenvalue weighted by Crippen LogP contribution is 2.53. The standard InChI is InChI=1S/C16H24O5/c1-5-20-13(18)16(14(19)21-15(2,3)4)8-10-6-12(17)7-11(10)9-16/h10-11H,5-9H2,1-4H3. The van der Waals surface area contributed by atoms with Crippen LogP contribution < -0.4 is 0 Å². The minimum absolute atomic E-state index is 0.106. The van der Waals surface area contributed by atoms with Gasteiger partial charge in [-0.25, -0.2) is 0 Å².